The molecule has 0 aliphatic carbocycles. The zero-order chi connectivity index (χ0) is 15.0. The lowest BCUT2D eigenvalue weighted by Crippen LogP contribution is -2.35. The van der Waals surface area contributed by atoms with Crippen molar-refractivity contribution < 1.29 is 4.74 Å². The van der Waals surface area contributed by atoms with Gasteiger partial charge in [-0.3, -0.25) is 4.98 Å². The summed E-state index contributed by atoms with van der Waals surface area (Å²) in [7, 11) is 1.72. The van der Waals surface area contributed by atoms with Crippen LogP contribution in [0.5, 0.6) is 0 Å². The summed E-state index contributed by atoms with van der Waals surface area (Å²) in [4.78, 5) is 11.2. The molecule has 20 heavy (non-hydrogen) atoms. The molecule has 0 aliphatic rings. The Morgan fingerprint density at radius 2 is 2.00 bits per heavy atom. The van der Waals surface area contributed by atoms with E-state index in [1.54, 1.807) is 7.11 Å². The van der Waals surface area contributed by atoms with E-state index in [1.165, 1.54) is 0 Å². The van der Waals surface area contributed by atoms with E-state index in [-0.39, 0.29) is 0 Å². The van der Waals surface area contributed by atoms with Crippen molar-refractivity contribution in [3.05, 3.63) is 18.1 Å². The molecule has 0 aromatic carbocycles. The Morgan fingerprint density at radius 3 is 2.60 bits per heavy atom. The molecule has 5 heteroatoms. The van der Waals surface area contributed by atoms with Crippen LogP contribution in [0.1, 0.15) is 33.4 Å². The second-order valence-corrected chi connectivity index (χ2v) is 5.67. The highest BCUT2D eigenvalue weighted by Gasteiger charge is 2.12. The summed E-state index contributed by atoms with van der Waals surface area (Å²) in [5.41, 5.74) is 0.978. The van der Waals surface area contributed by atoms with Gasteiger partial charge in [0.1, 0.15) is 5.82 Å². The minimum absolute atomic E-state index is 0.373. The van der Waals surface area contributed by atoms with Crippen molar-refractivity contribution in [2.75, 3.05) is 31.7 Å². The molecule has 1 heterocycles. The molecule has 0 saturated heterocycles. The van der Waals surface area contributed by atoms with Crippen LogP contribution in [-0.4, -0.2) is 42.8 Å². The van der Waals surface area contributed by atoms with E-state index < -0.39 is 0 Å². The fourth-order valence-electron chi connectivity index (χ4n) is 1.93. The van der Waals surface area contributed by atoms with Gasteiger partial charge in [-0.25, -0.2) is 4.98 Å². The third-order valence-corrected chi connectivity index (χ3v) is 2.98. The number of aromatic nitrogens is 2. The van der Waals surface area contributed by atoms with Crippen LogP contribution in [0.3, 0.4) is 0 Å². The van der Waals surface area contributed by atoms with Crippen molar-refractivity contribution in [3.63, 3.8) is 0 Å². The van der Waals surface area contributed by atoms with Gasteiger partial charge in [0.15, 0.2) is 0 Å². The second-order valence-electron chi connectivity index (χ2n) is 5.67. The van der Waals surface area contributed by atoms with Gasteiger partial charge in [0.2, 0.25) is 0 Å². The second kappa shape index (κ2) is 8.87. The predicted octanol–water partition coefficient (Wildman–Crippen LogP) is 2.08. The molecule has 1 N–H and O–H groups in total. The van der Waals surface area contributed by atoms with Gasteiger partial charge < -0.3 is 15.0 Å². The number of rotatable bonds is 9. The highest BCUT2D eigenvalue weighted by Crippen LogP contribution is 2.13. The number of nitrogens with one attached hydrogen (secondary N) is 1. The Bertz CT molecular complexity index is 382. The summed E-state index contributed by atoms with van der Waals surface area (Å²) in [6, 6.07) is 0.373. The number of ether oxygens (including phenoxy) is 1. The van der Waals surface area contributed by atoms with Crippen molar-refractivity contribution in [1.82, 2.24) is 15.3 Å². The molecular formula is C15H28N4O. The Hall–Kier alpha value is -1.20. The van der Waals surface area contributed by atoms with Gasteiger partial charge in [-0.2, -0.15) is 0 Å². The molecule has 114 valence electrons. The number of methoxy groups -OCH3 is 1. The standard InChI is InChI=1S/C15H28N4O/c1-12(2)8-16-9-14-10-17-11-15(18-14)19(13(3)4)6-7-20-5/h10-13,16H,6-9H2,1-5H3. The third kappa shape index (κ3) is 5.84. The molecule has 5 nitrogen and oxygen atoms in total. The van der Waals surface area contributed by atoms with Crippen LogP contribution in [-0.2, 0) is 11.3 Å². The molecule has 0 atom stereocenters. The van der Waals surface area contributed by atoms with Crippen LogP contribution in [0.15, 0.2) is 12.4 Å². The van der Waals surface area contributed by atoms with E-state index in [4.69, 9.17) is 4.74 Å². The van der Waals surface area contributed by atoms with Gasteiger partial charge in [0.25, 0.3) is 0 Å². The highest BCUT2D eigenvalue weighted by atomic mass is 16.5. The zero-order valence-corrected chi connectivity index (χ0v) is 13.4. The monoisotopic (exact) mass is 280 g/mol. The van der Waals surface area contributed by atoms with E-state index in [0.29, 0.717) is 18.6 Å². The molecule has 1 rings (SSSR count). The van der Waals surface area contributed by atoms with Gasteiger partial charge in [-0.05, 0) is 26.3 Å². The van der Waals surface area contributed by atoms with Crippen molar-refractivity contribution in [1.29, 1.82) is 0 Å². The first-order chi connectivity index (χ1) is 9.54. The Morgan fingerprint density at radius 1 is 1.25 bits per heavy atom. The topological polar surface area (TPSA) is 50.3 Å². The average molecular weight is 280 g/mol. The summed E-state index contributed by atoms with van der Waals surface area (Å²) >= 11 is 0. The SMILES string of the molecule is COCCN(c1cncc(CNCC(C)C)n1)C(C)C. The molecule has 1 aromatic rings. The van der Waals surface area contributed by atoms with Crippen LogP contribution in [0.4, 0.5) is 5.82 Å². The summed E-state index contributed by atoms with van der Waals surface area (Å²) < 4.78 is 5.16. The van der Waals surface area contributed by atoms with Gasteiger partial charge >= 0.3 is 0 Å². The van der Waals surface area contributed by atoms with Crippen LogP contribution in [0, 0.1) is 5.92 Å². The van der Waals surface area contributed by atoms with E-state index >= 15 is 0 Å². The first-order valence-electron chi connectivity index (χ1n) is 7.31. The van der Waals surface area contributed by atoms with Gasteiger partial charge in [0.05, 0.1) is 18.5 Å². The molecule has 0 radical (unpaired) electrons. The first kappa shape index (κ1) is 16.9. The lowest BCUT2D eigenvalue weighted by molar-refractivity contribution is 0.203. The van der Waals surface area contributed by atoms with Gasteiger partial charge in [0, 0.05) is 32.4 Å². The Kier molecular flexibility index (Phi) is 7.47. The Balaban J connectivity index is 2.68. The van der Waals surface area contributed by atoms with Crippen LogP contribution in [0.25, 0.3) is 0 Å². The zero-order valence-electron chi connectivity index (χ0n) is 13.4. The van der Waals surface area contributed by atoms with E-state index in [2.05, 4.69) is 47.9 Å². The maximum atomic E-state index is 5.16. The number of hydrogen-bond donors (Lipinski definition) is 1. The summed E-state index contributed by atoms with van der Waals surface area (Å²) in [5, 5.41) is 3.39. The van der Waals surface area contributed by atoms with E-state index in [9.17, 15) is 0 Å². The summed E-state index contributed by atoms with van der Waals surface area (Å²) in [6.07, 6.45) is 3.65. The average Bonchev–Trinajstić information content (AvgIpc) is 2.39. The molecule has 0 amide bonds. The number of hydrogen-bond acceptors (Lipinski definition) is 5. The smallest absolute Gasteiger partial charge is 0.147 e. The van der Waals surface area contributed by atoms with Gasteiger partial charge in [-0.1, -0.05) is 13.8 Å². The normalized spacial score (nSPS) is 11.3. The quantitative estimate of drug-likeness (QED) is 0.750. The fraction of sp³-hybridized carbons (Fsp3) is 0.733. The molecule has 0 aliphatic heterocycles. The van der Waals surface area contributed by atoms with Crippen LogP contribution < -0.4 is 10.2 Å². The molecule has 0 saturated carbocycles. The molecule has 0 bridgehead atoms. The number of nitrogens with zero attached hydrogens (tertiary/aromatic N) is 3. The highest BCUT2D eigenvalue weighted by molar-refractivity contribution is 5.37. The number of anilines is 1. The van der Waals surface area contributed by atoms with Crippen molar-refractivity contribution in [2.45, 2.75) is 40.3 Å². The third-order valence-electron chi connectivity index (χ3n) is 2.98. The summed E-state index contributed by atoms with van der Waals surface area (Å²) in [5.74, 6) is 1.56. The fourth-order valence-corrected chi connectivity index (χ4v) is 1.93. The van der Waals surface area contributed by atoms with Crippen molar-refractivity contribution in [2.24, 2.45) is 5.92 Å². The van der Waals surface area contributed by atoms with Gasteiger partial charge in [-0.15, -0.1) is 0 Å². The molecule has 0 spiro atoms. The van der Waals surface area contributed by atoms with E-state index in [0.717, 1.165) is 31.1 Å². The minimum atomic E-state index is 0.373. The van der Waals surface area contributed by atoms with Crippen molar-refractivity contribution >= 4 is 5.82 Å². The summed E-state index contributed by atoms with van der Waals surface area (Å²) in [6.45, 7) is 12.0. The predicted molar refractivity (Wildman–Crippen MR) is 82.9 cm³/mol. The maximum absolute atomic E-state index is 5.16. The maximum Gasteiger partial charge on any atom is 0.147 e. The molecule has 0 unspecified atom stereocenters. The van der Waals surface area contributed by atoms with Crippen LogP contribution in [0.2, 0.25) is 0 Å². The van der Waals surface area contributed by atoms with Crippen LogP contribution >= 0.6 is 0 Å². The molecular weight excluding hydrogens is 252 g/mol. The minimum Gasteiger partial charge on any atom is -0.383 e. The lowest BCUT2D eigenvalue weighted by Gasteiger charge is -2.27. The molecule has 0 fully saturated rings. The van der Waals surface area contributed by atoms with E-state index in [1.807, 2.05) is 12.4 Å². The van der Waals surface area contributed by atoms with Crippen molar-refractivity contribution in [3.8, 4) is 0 Å². The largest absolute Gasteiger partial charge is 0.383 e. The molecule has 1 aromatic heterocycles. The first-order valence-corrected chi connectivity index (χ1v) is 7.31. The Labute approximate surface area is 122 Å². The lowest BCUT2D eigenvalue weighted by atomic mass is 10.2.